The summed E-state index contributed by atoms with van der Waals surface area (Å²) in [6.07, 6.45) is 4.07. The molecule has 41 heavy (non-hydrogen) atoms. The Labute approximate surface area is 243 Å². The maximum absolute atomic E-state index is 15.0. The van der Waals surface area contributed by atoms with Gasteiger partial charge in [-0.15, -0.1) is 12.4 Å². The second-order valence-electron chi connectivity index (χ2n) is 9.91. The number of hydrogen-bond donors (Lipinski definition) is 3. The van der Waals surface area contributed by atoms with E-state index in [1.54, 1.807) is 6.92 Å². The van der Waals surface area contributed by atoms with Crippen molar-refractivity contribution in [2.24, 2.45) is 0 Å². The van der Waals surface area contributed by atoms with Crippen molar-refractivity contribution >= 4 is 31.3 Å². The second kappa shape index (κ2) is 14.1. The number of nitrogens with one attached hydrogen (secondary N) is 3. The molecule has 2 aromatic rings. The molecule has 0 aromatic heterocycles. The van der Waals surface area contributed by atoms with Gasteiger partial charge in [0.1, 0.15) is 17.7 Å². The fourth-order valence-corrected chi connectivity index (χ4v) is 5.57. The van der Waals surface area contributed by atoms with Crippen LogP contribution in [0.25, 0.3) is 0 Å². The Kier molecular flexibility index (Phi) is 10.8. The molecule has 3 N–H and O–H groups in total. The Balaban J connectivity index is 0.00000462. The molecule has 1 fully saturated rings. The third-order valence-corrected chi connectivity index (χ3v) is 7.69. The minimum absolute atomic E-state index is 0. The van der Waals surface area contributed by atoms with Gasteiger partial charge in [0, 0.05) is 29.9 Å². The van der Waals surface area contributed by atoms with Crippen molar-refractivity contribution in [3.63, 3.8) is 0 Å². The Morgan fingerprint density at radius 3 is 2.46 bits per heavy atom. The largest absolute Gasteiger partial charge is 0.341 e. The number of carbonyl (C=O) groups excluding carboxylic acids is 3. The number of nitrogens with zero attached hydrogens (tertiary/aromatic N) is 3. The summed E-state index contributed by atoms with van der Waals surface area (Å²) >= 11 is 0. The summed E-state index contributed by atoms with van der Waals surface area (Å²) in [6.45, 7) is 2.13. The molecular formula is C29H33ClF2N6O3. The summed E-state index contributed by atoms with van der Waals surface area (Å²) < 4.78 is 28.7. The number of carbonyl (C=O) groups is 3. The first-order chi connectivity index (χ1) is 19.4. The summed E-state index contributed by atoms with van der Waals surface area (Å²) in [6, 6.07) is 13.4. The van der Waals surface area contributed by atoms with Crippen LogP contribution in [0.4, 0.5) is 13.6 Å². The lowest BCUT2D eigenvalue weighted by atomic mass is 9.69. The van der Waals surface area contributed by atoms with Gasteiger partial charge in [0.2, 0.25) is 12.8 Å². The van der Waals surface area contributed by atoms with Crippen molar-refractivity contribution < 1.29 is 23.2 Å². The van der Waals surface area contributed by atoms with Crippen molar-refractivity contribution in [3.05, 3.63) is 82.7 Å². The molecule has 1 aliphatic heterocycles. The van der Waals surface area contributed by atoms with E-state index in [0.29, 0.717) is 50.4 Å². The van der Waals surface area contributed by atoms with Gasteiger partial charge in [0.25, 0.3) is 0 Å². The highest BCUT2D eigenvalue weighted by Crippen LogP contribution is 2.39. The highest BCUT2D eigenvalue weighted by Gasteiger charge is 2.40. The number of rotatable bonds is 11. The third-order valence-electron chi connectivity index (χ3n) is 7.69. The number of hydrazine groups is 1. The van der Waals surface area contributed by atoms with Crippen molar-refractivity contribution in [1.82, 2.24) is 26.0 Å². The summed E-state index contributed by atoms with van der Waals surface area (Å²) in [5, 5.41) is 20.7. The smallest absolute Gasteiger partial charge is 0.328 e. The van der Waals surface area contributed by atoms with Gasteiger partial charge in [-0.25, -0.2) is 18.6 Å². The Morgan fingerprint density at radius 1 is 1.17 bits per heavy atom. The summed E-state index contributed by atoms with van der Waals surface area (Å²) in [4.78, 5) is 36.9. The summed E-state index contributed by atoms with van der Waals surface area (Å²) in [7, 11) is 0. The zero-order valence-corrected chi connectivity index (χ0v) is 23.4. The first-order valence-electron chi connectivity index (χ1n) is 13.3. The number of nitriles is 1. The summed E-state index contributed by atoms with van der Waals surface area (Å²) in [5.74, 6) is -1.72. The van der Waals surface area contributed by atoms with Gasteiger partial charge in [-0.05, 0) is 43.7 Å². The predicted octanol–water partition coefficient (Wildman–Crippen LogP) is 4.19. The van der Waals surface area contributed by atoms with Gasteiger partial charge in [0.05, 0.1) is 23.7 Å². The minimum atomic E-state index is -1.21. The maximum Gasteiger partial charge on any atom is 0.341 e. The molecule has 1 atom stereocenters. The Morgan fingerprint density at radius 2 is 1.88 bits per heavy atom. The molecule has 0 spiro atoms. The van der Waals surface area contributed by atoms with E-state index in [0.717, 1.165) is 34.5 Å². The lowest BCUT2D eigenvalue weighted by Gasteiger charge is -2.43. The third kappa shape index (κ3) is 6.66. The highest BCUT2D eigenvalue weighted by molar-refractivity contribution is 5.85. The van der Waals surface area contributed by atoms with Crippen LogP contribution < -0.4 is 16.0 Å². The molecule has 0 bridgehead atoms. The van der Waals surface area contributed by atoms with Crippen LogP contribution in [0.5, 0.6) is 0 Å². The van der Waals surface area contributed by atoms with E-state index in [-0.39, 0.29) is 36.3 Å². The average Bonchev–Trinajstić information content (AvgIpc) is 2.97. The minimum Gasteiger partial charge on any atom is -0.328 e. The van der Waals surface area contributed by atoms with Crippen molar-refractivity contribution in [2.75, 3.05) is 13.1 Å². The van der Waals surface area contributed by atoms with E-state index in [1.807, 2.05) is 30.3 Å². The molecule has 0 radical (unpaired) electrons. The quantitative estimate of drug-likeness (QED) is 0.341. The van der Waals surface area contributed by atoms with Crippen LogP contribution in [0.1, 0.15) is 56.2 Å². The van der Waals surface area contributed by atoms with Gasteiger partial charge in [-0.3, -0.25) is 14.6 Å². The van der Waals surface area contributed by atoms with Crippen LogP contribution in [0.3, 0.4) is 0 Å². The average molecular weight is 587 g/mol. The molecule has 1 saturated carbocycles. The Hall–Kier alpha value is -4.01. The molecular weight excluding hydrogens is 554 g/mol. The van der Waals surface area contributed by atoms with Gasteiger partial charge in [0.15, 0.2) is 0 Å². The predicted molar refractivity (Wildman–Crippen MR) is 150 cm³/mol. The number of amides is 4. The SMILES string of the molecule is CCC1=C(NC=O)C(c2ccc(F)cc2F)N(N(C=O)CCNC2CCC(C#N)(c3ccccc3)CC2)C(=O)N1.Cl. The maximum atomic E-state index is 15.0. The molecule has 1 unspecified atom stereocenters. The van der Waals surface area contributed by atoms with E-state index < -0.39 is 29.1 Å². The first kappa shape index (κ1) is 31.5. The Bertz CT molecular complexity index is 1310. The van der Waals surface area contributed by atoms with E-state index in [4.69, 9.17) is 0 Å². The standard InChI is InChI=1S/C29H32F2N6O3.ClH/c1-2-25-26(34-18-38)27(23-9-8-21(30)16-24(23)31)37(28(40)35-25)36(19-39)15-14-33-22-10-12-29(17-32,13-11-22)20-6-4-3-5-7-20;/h3-9,16,18-19,22,27,33H,2,10-15H2,1H3,(H,34,38)(H,35,40);1H. The highest BCUT2D eigenvalue weighted by atomic mass is 35.5. The van der Waals surface area contributed by atoms with Crippen LogP contribution in [-0.2, 0) is 15.0 Å². The number of allylic oxidation sites excluding steroid dienone is 1. The first-order valence-corrected chi connectivity index (χ1v) is 13.3. The lowest BCUT2D eigenvalue weighted by molar-refractivity contribution is -0.132. The van der Waals surface area contributed by atoms with Gasteiger partial charge in [-0.2, -0.15) is 5.26 Å². The second-order valence-corrected chi connectivity index (χ2v) is 9.91. The van der Waals surface area contributed by atoms with Crippen LogP contribution in [0, 0.1) is 23.0 Å². The van der Waals surface area contributed by atoms with Gasteiger partial charge < -0.3 is 16.0 Å². The molecule has 4 rings (SSSR count). The van der Waals surface area contributed by atoms with Crippen LogP contribution in [0.15, 0.2) is 59.9 Å². The fourth-order valence-electron chi connectivity index (χ4n) is 5.57. The number of hydrogen-bond acceptors (Lipinski definition) is 5. The van der Waals surface area contributed by atoms with Crippen LogP contribution in [0.2, 0.25) is 0 Å². The lowest BCUT2D eigenvalue weighted by Crippen LogP contribution is -2.58. The van der Waals surface area contributed by atoms with Crippen molar-refractivity contribution in [3.8, 4) is 6.07 Å². The van der Waals surface area contributed by atoms with E-state index in [9.17, 15) is 28.4 Å². The number of halogens is 3. The molecule has 1 aliphatic carbocycles. The molecule has 218 valence electrons. The van der Waals surface area contributed by atoms with Gasteiger partial charge >= 0.3 is 6.03 Å². The zero-order valence-electron chi connectivity index (χ0n) is 22.6. The number of urea groups is 1. The fraction of sp³-hybridized carbons (Fsp3) is 0.379. The van der Waals surface area contributed by atoms with Crippen molar-refractivity contribution in [1.29, 1.82) is 5.26 Å². The van der Waals surface area contributed by atoms with E-state index in [1.165, 1.54) is 6.07 Å². The normalized spacial score (nSPS) is 22.2. The molecule has 12 heteroatoms. The molecule has 1 heterocycles. The summed E-state index contributed by atoms with van der Waals surface area (Å²) in [5.41, 5.74) is 0.943. The molecule has 4 amide bonds. The molecule has 0 saturated heterocycles. The van der Waals surface area contributed by atoms with Crippen LogP contribution in [-0.4, -0.2) is 48.0 Å². The topological polar surface area (TPSA) is 118 Å². The number of benzene rings is 2. The molecule has 9 nitrogen and oxygen atoms in total. The van der Waals surface area contributed by atoms with Crippen LogP contribution >= 0.6 is 12.4 Å². The molecule has 2 aromatic carbocycles. The van der Waals surface area contributed by atoms with E-state index >= 15 is 0 Å². The monoisotopic (exact) mass is 586 g/mol. The van der Waals surface area contributed by atoms with Gasteiger partial charge in [-0.1, -0.05) is 43.3 Å². The van der Waals surface area contributed by atoms with E-state index in [2.05, 4.69) is 22.0 Å². The molecule has 2 aliphatic rings. The van der Waals surface area contributed by atoms with Crippen molar-refractivity contribution in [2.45, 2.75) is 56.5 Å². The zero-order chi connectivity index (χ0) is 28.7.